The molecule has 2 aliphatic rings. The van der Waals surface area contributed by atoms with Crippen LogP contribution in [0.3, 0.4) is 0 Å². The average Bonchev–Trinajstić information content (AvgIpc) is 2.77. The molecule has 0 spiro atoms. The largest absolute Gasteiger partial charge is 0.468 e. The van der Waals surface area contributed by atoms with Crippen LogP contribution in [0.4, 0.5) is 13.2 Å². The molecule has 0 radical (unpaired) electrons. The number of nitrogens with one attached hydrogen (secondary N) is 1. The molecule has 0 fully saturated rings. The Morgan fingerprint density at radius 2 is 1.82 bits per heavy atom. The quantitative estimate of drug-likeness (QED) is 0.489. The number of carbonyl (C=O) groups excluding carboxylic acids is 3. The highest BCUT2D eigenvalue weighted by molar-refractivity contribution is 6.12. The van der Waals surface area contributed by atoms with E-state index in [2.05, 4.69) is 5.32 Å². The topological polar surface area (TPSA) is 81.7 Å². The van der Waals surface area contributed by atoms with Gasteiger partial charge in [0.15, 0.2) is 5.78 Å². The summed E-state index contributed by atoms with van der Waals surface area (Å²) in [6, 6.07) is 4.34. The minimum absolute atomic E-state index is 0.130. The molecule has 0 saturated heterocycles. The Balaban J connectivity index is 2.17. The molecular weight excluding hydrogens is 451 g/mol. The van der Waals surface area contributed by atoms with Gasteiger partial charge in [-0.15, -0.1) is 0 Å². The summed E-state index contributed by atoms with van der Waals surface area (Å²) in [7, 11) is 1.19. The van der Waals surface area contributed by atoms with E-state index in [1.807, 2.05) is 6.92 Å². The van der Waals surface area contributed by atoms with Crippen molar-refractivity contribution >= 4 is 17.7 Å². The highest BCUT2D eigenvalue weighted by atomic mass is 19.4. The number of allylic oxidation sites excluding steroid dienone is 3. The van der Waals surface area contributed by atoms with Gasteiger partial charge in [-0.1, -0.05) is 26.0 Å². The van der Waals surface area contributed by atoms with E-state index in [0.29, 0.717) is 29.8 Å². The van der Waals surface area contributed by atoms with Gasteiger partial charge in [-0.3, -0.25) is 9.59 Å². The lowest BCUT2D eigenvalue weighted by Crippen LogP contribution is -2.43. The summed E-state index contributed by atoms with van der Waals surface area (Å²) in [5.41, 5.74) is 0.776. The van der Waals surface area contributed by atoms with E-state index in [9.17, 15) is 27.6 Å². The van der Waals surface area contributed by atoms with Gasteiger partial charge in [-0.2, -0.15) is 13.2 Å². The Labute approximate surface area is 196 Å². The fraction of sp³-hybridized carbons (Fsp3) is 0.480. The molecule has 0 saturated carbocycles. The smallest absolute Gasteiger partial charge is 0.416 e. The molecule has 0 amide bonds. The van der Waals surface area contributed by atoms with Crippen LogP contribution in [0.15, 0.2) is 46.8 Å². The second-order valence-electron chi connectivity index (χ2n) is 8.78. The maximum absolute atomic E-state index is 13.6. The zero-order valence-corrected chi connectivity index (χ0v) is 19.7. The number of carbonyl (C=O) groups is 3. The van der Waals surface area contributed by atoms with E-state index in [1.54, 1.807) is 20.8 Å². The number of methoxy groups -OCH3 is 1. The molecule has 1 aromatic carbocycles. The average molecular weight is 479 g/mol. The van der Waals surface area contributed by atoms with Crippen LogP contribution in [0.1, 0.15) is 57.6 Å². The molecule has 1 aromatic rings. The van der Waals surface area contributed by atoms with E-state index < -0.39 is 47.4 Å². The molecule has 0 aromatic heterocycles. The molecule has 3 rings (SSSR count). The molecule has 1 heterocycles. The lowest BCUT2D eigenvalue weighted by atomic mass is 9.69. The van der Waals surface area contributed by atoms with Crippen molar-refractivity contribution < 1.29 is 37.0 Å². The summed E-state index contributed by atoms with van der Waals surface area (Å²) in [4.78, 5) is 39.2. The summed E-state index contributed by atoms with van der Waals surface area (Å²) in [6.45, 7) is 6.99. The van der Waals surface area contributed by atoms with Crippen molar-refractivity contribution in [2.45, 2.75) is 58.7 Å². The van der Waals surface area contributed by atoms with Crippen LogP contribution in [-0.2, 0) is 30.0 Å². The number of ether oxygens (including phenoxy) is 2. The predicted molar refractivity (Wildman–Crippen MR) is 117 cm³/mol. The van der Waals surface area contributed by atoms with Gasteiger partial charge in [-0.25, -0.2) is 4.79 Å². The summed E-state index contributed by atoms with van der Waals surface area (Å²) >= 11 is 0. The number of esters is 2. The number of halogens is 3. The van der Waals surface area contributed by atoms with Crippen LogP contribution in [0.5, 0.6) is 0 Å². The SMILES string of the molecule is CC[C@H](C)OC(=O)C1=C(C)NC2=C(C(=O)[C@H](C(=O)OC)[C@@H](C)C2)[C@H]1c1ccc(C(F)(F)F)cc1. The first-order valence-electron chi connectivity index (χ1n) is 11.1. The van der Waals surface area contributed by atoms with Crippen LogP contribution in [0.25, 0.3) is 0 Å². The third kappa shape index (κ3) is 4.74. The van der Waals surface area contributed by atoms with Crippen LogP contribution in [-0.4, -0.2) is 30.9 Å². The van der Waals surface area contributed by atoms with Gasteiger partial charge in [0.05, 0.1) is 24.4 Å². The number of ketones is 1. The second-order valence-corrected chi connectivity index (χ2v) is 8.78. The third-order valence-electron chi connectivity index (χ3n) is 6.42. The number of rotatable bonds is 5. The molecule has 4 atom stereocenters. The number of hydrogen-bond donors (Lipinski definition) is 1. The number of alkyl halides is 3. The maximum atomic E-state index is 13.6. The van der Waals surface area contributed by atoms with Gasteiger partial charge in [0.2, 0.25) is 0 Å². The molecule has 1 aliphatic heterocycles. The molecule has 9 heteroatoms. The zero-order chi connectivity index (χ0) is 25.4. The standard InChI is InChI=1S/C25H28F3NO5/c1-6-13(3)34-24(32)19-14(4)29-17-11-12(2)18(23(31)33-5)22(30)21(17)20(19)15-7-9-16(10-8-15)25(26,27)28/h7-10,12-13,18,20,29H,6,11H2,1-5H3/t12-,13-,18+,20-/m0/s1. The van der Waals surface area contributed by atoms with E-state index >= 15 is 0 Å². The van der Waals surface area contributed by atoms with Crippen molar-refractivity contribution in [1.29, 1.82) is 0 Å². The molecule has 0 bridgehead atoms. The van der Waals surface area contributed by atoms with Crippen molar-refractivity contribution in [2.75, 3.05) is 7.11 Å². The van der Waals surface area contributed by atoms with E-state index in [0.717, 1.165) is 12.1 Å². The highest BCUT2D eigenvalue weighted by Crippen LogP contribution is 2.46. The highest BCUT2D eigenvalue weighted by Gasteiger charge is 2.47. The molecule has 184 valence electrons. The van der Waals surface area contributed by atoms with Crippen molar-refractivity contribution in [1.82, 2.24) is 5.32 Å². The van der Waals surface area contributed by atoms with Gasteiger partial charge in [0.1, 0.15) is 5.92 Å². The Kier molecular flexibility index (Phi) is 7.24. The monoisotopic (exact) mass is 479 g/mol. The van der Waals surface area contributed by atoms with Crippen LogP contribution >= 0.6 is 0 Å². The fourth-order valence-corrected chi connectivity index (χ4v) is 4.48. The van der Waals surface area contributed by atoms with Crippen molar-refractivity contribution in [2.24, 2.45) is 11.8 Å². The van der Waals surface area contributed by atoms with Crippen molar-refractivity contribution in [3.63, 3.8) is 0 Å². The Morgan fingerprint density at radius 1 is 1.21 bits per heavy atom. The van der Waals surface area contributed by atoms with Crippen molar-refractivity contribution in [3.8, 4) is 0 Å². The van der Waals surface area contributed by atoms with Crippen LogP contribution < -0.4 is 5.32 Å². The van der Waals surface area contributed by atoms with Gasteiger partial charge < -0.3 is 14.8 Å². The van der Waals surface area contributed by atoms with Crippen LogP contribution in [0.2, 0.25) is 0 Å². The number of benzene rings is 1. The minimum Gasteiger partial charge on any atom is -0.468 e. The van der Waals surface area contributed by atoms with Gasteiger partial charge in [-0.05, 0) is 50.3 Å². The number of Topliss-reactive ketones (excluding diaryl/α,β-unsaturated/α-hetero) is 1. The lowest BCUT2D eigenvalue weighted by Gasteiger charge is -2.38. The summed E-state index contributed by atoms with van der Waals surface area (Å²) in [6.07, 6.45) is -4.04. The molecule has 0 unspecified atom stereocenters. The number of hydrogen-bond acceptors (Lipinski definition) is 6. The van der Waals surface area contributed by atoms with E-state index in [4.69, 9.17) is 9.47 Å². The van der Waals surface area contributed by atoms with E-state index in [1.165, 1.54) is 19.2 Å². The summed E-state index contributed by atoms with van der Waals surface area (Å²) < 4.78 is 49.8. The Bertz CT molecular complexity index is 1060. The van der Waals surface area contributed by atoms with E-state index in [-0.39, 0.29) is 17.1 Å². The lowest BCUT2D eigenvalue weighted by molar-refractivity contribution is -0.151. The molecule has 1 N–H and O–H groups in total. The number of dihydropyridines is 1. The van der Waals surface area contributed by atoms with Crippen molar-refractivity contribution in [3.05, 3.63) is 57.9 Å². The van der Waals surface area contributed by atoms with Gasteiger partial charge >= 0.3 is 18.1 Å². The minimum atomic E-state index is -4.53. The van der Waals surface area contributed by atoms with Crippen LogP contribution in [0, 0.1) is 11.8 Å². The third-order valence-corrected chi connectivity index (χ3v) is 6.42. The normalized spacial score (nSPS) is 23.8. The summed E-state index contributed by atoms with van der Waals surface area (Å²) in [5, 5.41) is 3.12. The first kappa shape index (κ1) is 25.5. The first-order chi connectivity index (χ1) is 15.9. The maximum Gasteiger partial charge on any atom is 0.416 e. The Morgan fingerprint density at radius 3 is 2.35 bits per heavy atom. The predicted octanol–water partition coefficient (Wildman–Crippen LogP) is 4.66. The Hall–Kier alpha value is -3.10. The van der Waals surface area contributed by atoms with Gasteiger partial charge in [0.25, 0.3) is 0 Å². The first-order valence-corrected chi connectivity index (χ1v) is 11.1. The zero-order valence-electron chi connectivity index (χ0n) is 19.7. The summed E-state index contributed by atoms with van der Waals surface area (Å²) in [5.74, 6) is -4.29. The molecular formula is C25H28F3NO5. The molecule has 1 aliphatic carbocycles. The van der Waals surface area contributed by atoms with Gasteiger partial charge in [0, 0.05) is 22.9 Å². The second kappa shape index (κ2) is 9.64. The molecule has 34 heavy (non-hydrogen) atoms. The fourth-order valence-electron chi connectivity index (χ4n) is 4.48. The molecule has 6 nitrogen and oxygen atoms in total.